The number of aliphatic imine (C=N–C) groups is 1. The van der Waals surface area contributed by atoms with Crippen molar-refractivity contribution in [3.05, 3.63) is 58.6 Å². The number of hydrogen-bond donors (Lipinski definition) is 1. The first kappa shape index (κ1) is 24.1. The molecule has 1 atom stereocenters. The standard InChI is InChI=1S/C22H21ClF3N3O2S/c1-3-13-5-7-14(8-6-13)27-19(30)12-18-20(31)29(4-2)21(32-18)28-15-9-10-17(23)16(11-15)22(24,25)26/h5-11,18H,3-4,12H2,1-2H3,(H,27,30). The quantitative estimate of drug-likeness (QED) is 0.556. The van der Waals surface area contributed by atoms with Crippen molar-refractivity contribution in [1.29, 1.82) is 0 Å². The molecular formula is C22H21ClF3N3O2S. The SMILES string of the molecule is CCc1ccc(NC(=O)CC2SC(=Nc3ccc(Cl)c(C(F)(F)F)c3)N(CC)C2=O)cc1. The molecule has 1 aliphatic heterocycles. The van der Waals surface area contributed by atoms with Crippen molar-refractivity contribution in [1.82, 2.24) is 4.90 Å². The third-order valence-electron chi connectivity index (χ3n) is 4.83. The van der Waals surface area contributed by atoms with Crippen LogP contribution in [0.3, 0.4) is 0 Å². The first-order valence-electron chi connectivity index (χ1n) is 9.94. The van der Waals surface area contributed by atoms with Gasteiger partial charge in [0.25, 0.3) is 0 Å². The van der Waals surface area contributed by atoms with E-state index in [2.05, 4.69) is 10.3 Å². The highest BCUT2D eigenvalue weighted by atomic mass is 35.5. The molecule has 32 heavy (non-hydrogen) atoms. The topological polar surface area (TPSA) is 61.8 Å². The van der Waals surface area contributed by atoms with Crippen molar-refractivity contribution in [2.45, 2.75) is 38.1 Å². The van der Waals surface area contributed by atoms with Gasteiger partial charge in [0.1, 0.15) is 5.25 Å². The number of benzene rings is 2. The number of aryl methyl sites for hydroxylation is 1. The van der Waals surface area contributed by atoms with Gasteiger partial charge in [0.05, 0.1) is 16.3 Å². The second kappa shape index (κ2) is 9.95. The molecule has 2 amide bonds. The predicted molar refractivity (Wildman–Crippen MR) is 121 cm³/mol. The Hall–Kier alpha value is -2.52. The molecule has 1 N–H and O–H groups in total. The Balaban J connectivity index is 1.74. The fourth-order valence-corrected chi connectivity index (χ4v) is 4.58. The van der Waals surface area contributed by atoms with Gasteiger partial charge < -0.3 is 5.32 Å². The normalized spacial score (nSPS) is 17.8. The van der Waals surface area contributed by atoms with E-state index in [1.165, 1.54) is 11.0 Å². The number of carbonyl (C=O) groups excluding carboxylic acids is 2. The Kier molecular flexibility index (Phi) is 7.51. The molecular weight excluding hydrogens is 463 g/mol. The lowest BCUT2D eigenvalue weighted by molar-refractivity contribution is -0.137. The lowest BCUT2D eigenvalue weighted by Gasteiger charge is -2.14. The van der Waals surface area contributed by atoms with Crippen LogP contribution >= 0.6 is 23.4 Å². The Morgan fingerprint density at radius 2 is 1.88 bits per heavy atom. The van der Waals surface area contributed by atoms with E-state index in [9.17, 15) is 22.8 Å². The summed E-state index contributed by atoms with van der Waals surface area (Å²) < 4.78 is 39.4. The van der Waals surface area contributed by atoms with Crippen LogP contribution in [0.4, 0.5) is 24.5 Å². The number of hydrogen-bond acceptors (Lipinski definition) is 4. The molecule has 1 aliphatic rings. The highest BCUT2D eigenvalue weighted by molar-refractivity contribution is 8.15. The number of amidine groups is 1. The Bertz CT molecular complexity index is 1040. The minimum atomic E-state index is -4.62. The summed E-state index contributed by atoms with van der Waals surface area (Å²) in [6.45, 7) is 4.04. The van der Waals surface area contributed by atoms with E-state index in [0.717, 1.165) is 35.9 Å². The van der Waals surface area contributed by atoms with Crippen molar-refractivity contribution in [3.63, 3.8) is 0 Å². The smallest absolute Gasteiger partial charge is 0.326 e. The second-order valence-electron chi connectivity index (χ2n) is 7.05. The third-order valence-corrected chi connectivity index (χ3v) is 6.34. The summed E-state index contributed by atoms with van der Waals surface area (Å²) in [6, 6.07) is 10.7. The zero-order valence-electron chi connectivity index (χ0n) is 17.4. The minimum absolute atomic E-state index is 0.0246. The minimum Gasteiger partial charge on any atom is -0.326 e. The molecule has 0 aromatic heterocycles. The van der Waals surface area contributed by atoms with E-state index in [0.29, 0.717) is 5.69 Å². The van der Waals surface area contributed by atoms with E-state index in [4.69, 9.17) is 11.6 Å². The molecule has 1 fully saturated rings. The molecule has 10 heteroatoms. The molecule has 3 rings (SSSR count). The van der Waals surface area contributed by atoms with Crippen molar-refractivity contribution in [3.8, 4) is 0 Å². The van der Waals surface area contributed by atoms with Crippen LogP contribution in [0.25, 0.3) is 0 Å². The van der Waals surface area contributed by atoms with E-state index in [-0.39, 0.29) is 35.6 Å². The molecule has 0 saturated carbocycles. The summed E-state index contributed by atoms with van der Waals surface area (Å²) in [5.74, 6) is -0.638. The van der Waals surface area contributed by atoms with Gasteiger partial charge in [-0.2, -0.15) is 13.2 Å². The Labute approximate surface area is 193 Å². The summed E-state index contributed by atoms with van der Waals surface area (Å²) in [5, 5.41) is 1.88. The average Bonchev–Trinajstić information content (AvgIpc) is 3.03. The van der Waals surface area contributed by atoms with Crippen LogP contribution in [0.1, 0.15) is 31.4 Å². The first-order valence-corrected chi connectivity index (χ1v) is 11.2. The number of anilines is 1. The largest absolute Gasteiger partial charge is 0.417 e. The van der Waals surface area contributed by atoms with Crippen LogP contribution in [0.5, 0.6) is 0 Å². The molecule has 0 spiro atoms. The van der Waals surface area contributed by atoms with Gasteiger partial charge in [-0.1, -0.05) is 42.4 Å². The maximum Gasteiger partial charge on any atom is 0.417 e. The van der Waals surface area contributed by atoms with Gasteiger partial charge in [-0.15, -0.1) is 0 Å². The lowest BCUT2D eigenvalue weighted by atomic mass is 10.1. The van der Waals surface area contributed by atoms with E-state index in [1.807, 2.05) is 19.1 Å². The molecule has 2 aromatic carbocycles. The first-order chi connectivity index (χ1) is 15.1. The zero-order valence-corrected chi connectivity index (χ0v) is 18.9. The van der Waals surface area contributed by atoms with Gasteiger partial charge >= 0.3 is 6.18 Å². The average molecular weight is 484 g/mol. The fourth-order valence-electron chi connectivity index (χ4n) is 3.13. The molecule has 1 unspecified atom stereocenters. The number of halogens is 4. The number of amides is 2. The zero-order chi connectivity index (χ0) is 23.5. The van der Waals surface area contributed by atoms with E-state index < -0.39 is 22.0 Å². The van der Waals surface area contributed by atoms with Gasteiger partial charge in [-0.05, 0) is 49.2 Å². The summed E-state index contributed by atoms with van der Waals surface area (Å²) in [5.41, 5.74) is 0.796. The third kappa shape index (κ3) is 5.63. The number of nitrogens with one attached hydrogen (secondary N) is 1. The van der Waals surface area contributed by atoms with Crippen molar-refractivity contribution in [2.24, 2.45) is 4.99 Å². The number of alkyl halides is 3. The summed E-state index contributed by atoms with van der Waals surface area (Å²) in [4.78, 5) is 30.8. The second-order valence-corrected chi connectivity index (χ2v) is 8.63. The maximum absolute atomic E-state index is 13.1. The van der Waals surface area contributed by atoms with Gasteiger partial charge in [-0.25, -0.2) is 4.99 Å². The van der Waals surface area contributed by atoms with E-state index in [1.54, 1.807) is 19.1 Å². The van der Waals surface area contributed by atoms with Crippen molar-refractivity contribution in [2.75, 3.05) is 11.9 Å². The van der Waals surface area contributed by atoms with Crippen LogP contribution in [0.2, 0.25) is 5.02 Å². The van der Waals surface area contributed by atoms with Gasteiger partial charge in [0.2, 0.25) is 11.8 Å². The molecule has 0 aliphatic carbocycles. The Morgan fingerprint density at radius 3 is 2.47 bits per heavy atom. The highest BCUT2D eigenvalue weighted by Gasteiger charge is 2.39. The molecule has 170 valence electrons. The van der Waals surface area contributed by atoms with Crippen molar-refractivity contribution >= 4 is 51.7 Å². The molecule has 1 heterocycles. The lowest BCUT2D eigenvalue weighted by Crippen LogP contribution is -2.33. The van der Waals surface area contributed by atoms with Crippen LogP contribution in [0.15, 0.2) is 47.5 Å². The predicted octanol–water partition coefficient (Wildman–Crippen LogP) is 5.90. The summed E-state index contributed by atoms with van der Waals surface area (Å²) in [7, 11) is 0. The molecule has 1 saturated heterocycles. The number of carbonyl (C=O) groups is 2. The number of thioether (sulfide) groups is 1. The van der Waals surface area contributed by atoms with Gasteiger partial charge in [-0.3, -0.25) is 14.5 Å². The monoisotopic (exact) mass is 483 g/mol. The van der Waals surface area contributed by atoms with E-state index >= 15 is 0 Å². The molecule has 0 bridgehead atoms. The summed E-state index contributed by atoms with van der Waals surface area (Å²) >= 11 is 6.72. The summed E-state index contributed by atoms with van der Waals surface area (Å²) in [6.07, 6.45) is -3.82. The van der Waals surface area contributed by atoms with Crippen LogP contribution in [0, 0.1) is 0 Å². The van der Waals surface area contributed by atoms with Crippen LogP contribution < -0.4 is 5.32 Å². The van der Waals surface area contributed by atoms with Crippen LogP contribution in [-0.4, -0.2) is 33.7 Å². The van der Waals surface area contributed by atoms with Gasteiger partial charge in [0.15, 0.2) is 5.17 Å². The van der Waals surface area contributed by atoms with Crippen LogP contribution in [-0.2, 0) is 22.2 Å². The molecule has 2 aromatic rings. The fraction of sp³-hybridized carbons (Fsp3) is 0.318. The molecule has 5 nitrogen and oxygen atoms in total. The number of rotatable bonds is 6. The maximum atomic E-state index is 13.1. The molecule has 0 radical (unpaired) electrons. The van der Waals surface area contributed by atoms with Gasteiger partial charge in [0, 0.05) is 18.7 Å². The van der Waals surface area contributed by atoms with Crippen molar-refractivity contribution < 1.29 is 22.8 Å². The Morgan fingerprint density at radius 1 is 1.19 bits per heavy atom. The number of nitrogens with zero attached hydrogens (tertiary/aromatic N) is 2. The highest BCUT2D eigenvalue weighted by Crippen LogP contribution is 2.38.